The predicted octanol–water partition coefficient (Wildman–Crippen LogP) is 2.10. The highest BCUT2D eigenvalue weighted by atomic mass is 35.5. The van der Waals surface area contributed by atoms with Crippen molar-refractivity contribution >= 4 is 11.6 Å². The molecule has 1 aromatic rings. The third-order valence-corrected chi connectivity index (χ3v) is 1.17. The van der Waals surface area contributed by atoms with Gasteiger partial charge in [-0.25, -0.2) is 0 Å². The summed E-state index contributed by atoms with van der Waals surface area (Å²) in [5.41, 5.74) is 0. The zero-order chi connectivity index (χ0) is 7.23. The number of ether oxygens (including phenoxy) is 1. The largest absolute Gasteiger partial charge is 0.492 e. The molecule has 0 aliphatic carbocycles. The Labute approximate surface area is 65.6 Å². The molecule has 0 atom stereocenters. The molecule has 0 saturated carbocycles. The molecule has 0 N–H and O–H groups in total. The topological polar surface area (TPSA) is 9.23 Å². The van der Waals surface area contributed by atoms with Gasteiger partial charge < -0.3 is 4.74 Å². The van der Waals surface area contributed by atoms with Crippen molar-refractivity contribution in [1.29, 1.82) is 0 Å². The first-order valence-corrected chi connectivity index (χ1v) is 3.62. The summed E-state index contributed by atoms with van der Waals surface area (Å²) in [7, 11) is 0. The minimum Gasteiger partial charge on any atom is -0.492 e. The number of benzene rings is 1. The van der Waals surface area contributed by atoms with Gasteiger partial charge in [-0.3, -0.25) is 0 Å². The first kappa shape index (κ1) is 7.42. The molecule has 0 aliphatic heterocycles. The van der Waals surface area contributed by atoms with E-state index < -0.39 is 0 Å². The maximum absolute atomic E-state index is 5.41. The lowest BCUT2D eigenvalue weighted by molar-refractivity contribution is 0.342. The van der Waals surface area contributed by atoms with Crippen molar-refractivity contribution in [2.75, 3.05) is 12.5 Å². The molecule has 1 nitrogen and oxygen atoms in total. The van der Waals surface area contributed by atoms with Gasteiger partial charge in [0.25, 0.3) is 0 Å². The van der Waals surface area contributed by atoms with Gasteiger partial charge in [-0.2, -0.15) is 0 Å². The Morgan fingerprint density at radius 3 is 3.00 bits per heavy atom. The van der Waals surface area contributed by atoms with Gasteiger partial charge in [0.2, 0.25) is 0 Å². The lowest BCUT2D eigenvalue weighted by Gasteiger charge is -2.00. The van der Waals surface area contributed by atoms with Crippen LogP contribution in [0.5, 0.6) is 5.75 Å². The summed E-state index contributed by atoms with van der Waals surface area (Å²) in [6, 6.07) is 10.4. The van der Waals surface area contributed by atoms with Crippen LogP contribution >= 0.6 is 11.6 Å². The molecule has 0 aliphatic rings. The Hall–Kier alpha value is -0.690. The molecule has 53 valence electrons. The van der Waals surface area contributed by atoms with Crippen LogP contribution in [0.4, 0.5) is 0 Å². The second-order valence-electron chi connectivity index (χ2n) is 1.76. The normalized spacial score (nSPS) is 9.30. The summed E-state index contributed by atoms with van der Waals surface area (Å²) < 4.78 is 5.17. The highest BCUT2D eigenvalue weighted by molar-refractivity contribution is 6.17. The van der Waals surface area contributed by atoms with Crippen LogP contribution in [0.15, 0.2) is 24.3 Å². The molecule has 0 spiro atoms. The highest BCUT2D eigenvalue weighted by Crippen LogP contribution is 2.06. The molecule has 0 saturated heterocycles. The average Bonchev–Trinajstić information content (AvgIpc) is 2.03. The summed E-state index contributed by atoms with van der Waals surface area (Å²) in [6.45, 7) is 0.544. The number of hydrogen-bond donors (Lipinski definition) is 0. The fraction of sp³-hybridized carbons (Fsp3) is 0.250. The molecule has 0 heterocycles. The Morgan fingerprint density at radius 2 is 2.40 bits per heavy atom. The van der Waals surface area contributed by atoms with Crippen LogP contribution in [-0.2, 0) is 0 Å². The molecule has 0 amide bonds. The Morgan fingerprint density at radius 1 is 1.50 bits per heavy atom. The van der Waals surface area contributed by atoms with Crippen LogP contribution in [0, 0.1) is 6.07 Å². The van der Waals surface area contributed by atoms with E-state index in [-0.39, 0.29) is 0 Å². The van der Waals surface area contributed by atoms with Gasteiger partial charge in [0.1, 0.15) is 12.4 Å². The SMILES string of the molecule is ClCCOc1[c]cccc1. The Bertz CT molecular complexity index is 174. The second-order valence-corrected chi connectivity index (χ2v) is 2.14. The quantitative estimate of drug-likeness (QED) is 0.608. The van der Waals surface area contributed by atoms with Gasteiger partial charge in [-0.05, 0) is 6.07 Å². The Kier molecular flexibility index (Phi) is 3.10. The summed E-state index contributed by atoms with van der Waals surface area (Å²) in [5.74, 6) is 1.27. The van der Waals surface area contributed by atoms with Crippen LogP contribution in [0.25, 0.3) is 0 Å². The van der Waals surface area contributed by atoms with Crippen LogP contribution < -0.4 is 4.74 Å². The van der Waals surface area contributed by atoms with Crippen molar-refractivity contribution in [3.05, 3.63) is 30.3 Å². The van der Waals surface area contributed by atoms with Gasteiger partial charge >= 0.3 is 0 Å². The monoisotopic (exact) mass is 155 g/mol. The molecular weight excluding hydrogens is 148 g/mol. The number of para-hydroxylation sites is 1. The number of hydrogen-bond acceptors (Lipinski definition) is 1. The average molecular weight is 156 g/mol. The van der Waals surface area contributed by atoms with E-state index in [1.165, 1.54) is 0 Å². The molecule has 10 heavy (non-hydrogen) atoms. The van der Waals surface area contributed by atoms with Crippen molar-refractivity contribution in [2.24, 2.45) is 0 Å². The van der Waals surface area contributed by atoms with E-state index in [4.69, 9.17) is 16.3 Å². The molecular formula is C8H8ClO. The van der Waals surface area contributed by atoms with Crippen molar-refractivity contribution in [2.45, 2.75) is 0 Å². The van der Waals surface area contributed by atoms with Crippen LogP contribution in [0.2, 0.25) is 0 Å². The summed E-state index contributed by atoms with van der Waals surface area (Å²) in [4.78, 5) is 0. The third-order valence-electron chi connectivity index (χ3n) is 1.02. The van der Waals surface area contributed by atoms with E-state index in [9.17, 15) is 0 Å². The number of halogens is 1. The highest BCUT2D eigenvalue weighted by Gasteiger charge is 1.87. The minimum absolute atomic E-state index is 0.517. The molecule has 0 bridgehead atoms. The van der Waals surface area contributed by atoms with Gasteiger partial charge in [0.05, 0.1) is 5.88 Å². The van der Waals surface area contributed by atoms with Crippen LogP contribution in [-0.4, -0.2) is 12.5 Å². The fourth-order valence-electron chi connectivity index (χ4n) is 0.615. The molecule has 1 rings (SSSR count). The maximum Gasteiger partial charge on any atom is 0.127 e. The number of rotatable bonds is 3. The zero-order valence-electron chi connectivity index (χ0n) is 5.51. The standard InChI is InChI=1S/C8H8ClO/c9-6-7-10-8-4-2-1-3-5-8/h1-4H,6-7H2. The van der Waals surface area contributed by atoms with E-state index in [1.54, 1.807) is 0 Å². The minimum atomic E-state index is 0.517. The molecule has 0 unspecified atom stereocenters. The first-order valence-electron chi connectivity index (χ1n) is 3.09. The molecule has 0 fully saturated rings. The zero-order valence-corrected chi connectivity index (χ0v) is 6.27. The van der Waals surface area contributed by atoms with E-state index in [0.29, 0.717) is 12.5 Å². The summed E-state index contributed by atoms with van der Waals surface area (Å²) in [6.07, 6.45) is 0. The third kappa shape index (κ3) is 2.28. The fourth-order valence-corrected chi connectivity index (χ4v) is 0.692. The summed E-state index contributed by atoms with van der Waals surface area (Å²) >= 11 is 5.41. The molecule has 1 radical (unpaired) electrons. The van der Waals surface area contributed by atoms with E-state index in [1.807, 2.05) is 24.3 Å². The molecule has 1 aromatic carbocycles. The maximum atomic E-state index is 5.41. The van der Waals surface area contributed by atoms with Crippen molar-refractivity contribution < 1.29 is 4.74 Å². The first-order chi connectivity index (χ1) is 4.93. The van der Waals surface area contributed by atoms with Crippen molar-refractivity contribution in [3.8, 4) is 5.75 Å². The van der Waals surface area contributed by atoms with Gasteiger partial charge in [-0.1, -0.05) is 18.2 Å². The van der Waals surface area contributed by atoms with Crippen LogP contribution in [0.3, 0.4) is 0 Å². The van der Waals surface area contributed by atoms with E-state index in [2.05, 4.69) is 6.07 Å². The smallest absolute Gasteiger partial charge is 0.127 e. The van der Waals surface area contributed by atoms with E-state index >= 15 is 0 Å². The van der Waals surface area contributed by atoms with Gasteiger partial charge in [0.15, 0.2) is 0 Å². The predicted molar refractivity (Wildman–Crippen MR) is 41.5 cm³/mol. The van der Waals surface area contributed by atoms with Gasteiger partial charge in [-0.15, -0.1) is 11.6 Å². The lowest BCUT2D eigenvalue weighted by Crippen LogP contribution is -1.97. The van der Waals surface area contributed by atoms with Gasteiger partial charge in [0, 0.05) is 6.07 Å². The Balaban J connectivity index is 2.43. The van der Waals surface area contributed by atoms with Crippen LogP contribution in [0.1, 0.15) is 0 Å². The van der Waals surface area contributed by atoms with Crippen molar-refractivity contribution in [3.63, 3.8) is 0 Å². The van der Waals surface area contributed by atoms with E-state index in [0.717, 1.165) is 5.75 Å². The molecule has 0 aromatic heterocycles. The summed E-state index contributed by atoms with van der Waals surface area (Å²) in [5, 5.41) is 0. The van der Waals surface area contributed by atoms with Crippen molar-refractivity contribution in [1.82, 2.24) is 0 Å². The lowest BCUT2D eigenvalue weighted by atomic mass is 10.3. The number of alkyl halides is 1. The second kappa shape index (κ2) is 4.18. The molecule has 2 heteroatoms.